The van der Waals surface area contributed by atoms with Gasteiger partial charge in [0.2, 0.25) is 0 Å². The average molecular weight is 313 g/mol. The van der Waals surface area contributed by atoms with Gasteiger partial charge >= 0.3 is 5.97 Å². The maximum absolute atomic E-state index is 13.1. The van der Waals surface area contributed by atoms with Crippen LogP contribution in [0.15, 0.2) is 18.2 Å². The lowest BCUT2D eigenvalue weighted by Gasteiger charge is -2.38. The minimum Gasteiger partial charge on any atom is -0.481 e. The second-order valence-electron chi connectivity index (χ2n) is 6.58. The summed E-state index contributed by atoms with van der Waals surface area (Å²) in [5, 5.41) is 10.0. The van der Waals surface area contributed by atoms with E-state index >= 15 is 0 Å². The van der Waals surface area contributed by atoms with Crippen LogP contribution in [0.3, 0.4) is 0 Å². The second kappa shape index (κ2) is 6.35. The number of hydrogen-bond acceptors (Lipinski definition) is 1. The molecule has 2 nitrogen and oxygen atoms in total. The maximum atomic E-state index is 13.1. The highest BCUT2D eigenvalue weighted by Gasteiger charge is 2.42. The van der Waals surface area contributed by atoms with Gasteiger partial charge in [-0.3, -0.25) is 4.79 Å². The number of carbonyl (C=O) groups is 1. The first-order chi connectivity index (χ1) is 9.84. The predicted octanol–water partition coefficient (Wildman–Crippen LogP) is 4.94. The Morgan fingerprint density at radius 2 is 2.05 bits per heavy atom. The summed E-state index contributed by atoms with van der Waals surface area (Å²) >= 11 is 6.06. The van der Waals surface area contributed by atoms with Gasteiger partial charge in [-0.15, -0.1) is 0 Å². The van der Waals surface area contributed by atoms with E-state index in [-0.39, 0.29) is 0 Å². The molecule has 1 aliphatic carbocycles. The molecule has 1 aromatic rings. The van der Waals surface area contributed by atoms with Crippen molar-refractivity contribution in [2.75, 3.05) is 0 Å². The van der Waals surface area contributed by atoms with Crippen LogP contribution in [0.2, 0.25) is 5.02 Å². The van der Waals surface area contributed by atoms with Gasteiger partial charge in [0.05, 0.1) is 5.41 Å². The molecular formula is C17H22ClFO2. The lowest BCUT2D eigenvalue weighted by atomic mass is 9.65. The van der Waals surface area contributed by atoms with Crippen LogP contribution in [0, 0.1) is 23.1 Å². The van der Waals surface area contributed by atoms with Crippen molar-refractivity contribution < 1.29 is 14.3 Å². The van der Waals surface area contributed by atoms with Crippen molar-refractivity contribution in [1.82, 2.24) is 0 Å². The summed E-state index contributed by atoms with van der Waals surface area (Å²) in [5.74, 6) is 0.0362. The average Bonchev–Trinajstić information content (AvgIpc) is 2.42. The van der Waals surface area contributed by atoms with E-state index in [9.17, 15) is 14.3 Å². The van der Waals surface area contributed by atoms with Gasteiger partial charge in [-0.25, -0.2) is 4.39 Å². The number of hydrogen-bond donors (Lipinski definition) is 1. The number of carboxylic acids is 1. The van der Waals surface area contributed by atoms with Crippen LogP contribution in [0.25, 0.3) is 0 Å². The fraction of sp³-hybridized carbons (Fsp3) is 0.588. The lowest BCUT2D eigenvalue weighted by molar-refractivity contribution is -0.151. The van der Waals surface area contributed by atoms with Crippen LogP contribution in [0.5, 0.6) is 0 Å². The van der Waals surface area contributed by atoms with Gasteiger partial charge in [-0.05, 0) is 61.6 Å². The number of rotatable bonds is 4. The third kappa shape index (κ3) is 3.57. The fourth-order valence-corrected chi connectivity index (χ4v) is 3.59. The van der Waals surface area contributed by atoms with E-state index in [2.05, 4.69) is 13.8 Å². The Hall–Kier alpha value is -1.09. The third-order valence-corrected chi connectivity index (χ3v) is 5.28. The van der Waals surface area contributed by atoms with Crippen molar-refractivity contribution in [2.24, 2.45) is 17.3 Å². The van der Waals surface area contributed by atoms with E-state index in [0.29, 0.717) is 36.1 Å². The summed E-state index contributed by atoms with van der Waals surface area (Å²) in [6.45, 7) is 4.38. The van der Waals surface area contributed by atoms with E-state index in [4.69, 9.17) is 11.6 Å². The van der Waals surface area contributed by atoms with Crippen LogP contribution >= 0.6 is 11.6 Å². The van der Waals surface area contributed by atoms with Crippen LogP contribution in [-0.2, 0) is 11.2 Å². The van der Waals surface area contributed by atoms with Crippen LogP contribution in [0.4, 0.5) is 4.39 Å². The topological polar surface area (TPSA) is 37.3 Å². The van der Waals surface area contributed by atoms with Crippen molar-refractivity contribution >= 4 is 17.6 Å². The fourth-order valence-electron chi connectivity index (χ4n) is 3.36. The lowest BCUT2D eigenvalue weighted by Crippen LogP contribution is -2.38. The van der Waals surface area contributed by atoms with Crippen molar-refractivity contribution in [3.8, 4) is 0 Å². The number of benzene rings is 1. The van der Waals surface area contributed by atoms with Crippen LogP contribution in [0.1, 0.15) is 45.1 Å². The quantitative estimate of drug-likeness (QED) is 0.855. The maximum Gasteiger partial charge on any atom is 0.309 e. The van der Waals surface area contributed by atoms with Gasteiger partial charge in [-0.1, -0.05) is 31.5 Å². The van der Waals surface area contributed by atoms with Gasteiger partial charge in [0.25, 0.3) is 0 Å². The Bertz CT molecular complexity index is 520. The molecule has 0 aromatic heterocycles. The van der Waals surface area contributed by atoms with Gasteiger partial charge in [0, 0.05) is 5.02 Å². The zero-order chi connectivity index (χ0) is 15.6. The summed E-state index contributed by atoms with van der Waals surface area (Å²) < 4.78 is 13.1. The molecule has 1 N–H and O–H groups in total. The largest absolute Gasteiger partial charge is 0.481 e. The van der Waals surface area contributed by atoms with Gasteiger partial charge in [-0.2, -0.15) is 0 Å². The van der Waals surface area contributed by atoms with E-state index < -0.39 is 17.2 Å². The molecule has 4 heteroatoms. The Balaban J connectivity index is 2.19. The number of carboxylic acid groups (broad SMARTS) is 1. The van der Waals surface area contributed by atoms with Crippen LogP contribution < -0.4 is 0 Å². The van der Waals surface area contributed by atoms with E-state index in [1.54, 1.807) is 6.07 Å². The molecule has 1 fully saturated rings. The summed E-state index contributed by atoms with van der Waals surface area (Å²) in [6, 6.07) is 4.21. The van der Waals surface area contributed by atoms with Crippen molar-refractivity contribution in [3.63, 3.8) is 0 Å². The third-order valence-electron chi connectivity index (χ3n) is 4.93. The molecule has 1 aromatic carbocycles. The first kappa shape index (κ1) is 16.3. The molecule has 1 aliphatic rings. The minimum atomic E-state index is -0.759. The van der Waals surface area contributed by atoms with Crippen LogP contribution in [-0.4, -0.2) is 11.1 Å². The Kier molecular flexibility index (Phi) is 4.92. The Morgan fingerprint density at radius 3 is 2.52 bits per heavy atom. The first-order valence-electron chi connectivity index (χ1n) is 7.51. The molecule has 1 saturated carbocycles. The Morgan fingerprint density at radius 1 is 1.43 bits per heavy atom. The second-order valence-corrected chi connectivity index (χ2v) is 6.99. The zero-order valence-electron chi connectivity index (χ0n) is 12.5. The molecule has 116 valence electrons. The van der Waals surface area contributed by atoms with Crippen molar-refractivity contribution in [2.45, 2.75) is 46.0 Å². The SMILES string of the molecule is CC(C)C1CCC(Cc2ccc(F)cc2Cl)(C(=O)O)CC1. The summed E-state index contributed by atoms with van der Waals surface area (Å²) in [4.78, 5) is 11.8. The highest BCUT2D eigenvalue weighted by atomic mass is 35.5. The summed E-state index contributed by atoms with van der Waals surface area (Å²) in [7, 11) is 0. The van der Waals surface area contributed by atoms with Gasteiger partial charge in [0.15, 0.2) is 0 Å². The molecule has 0 unspecified atom stereocenters. The smallest absolute Gasteiger partial charge is 0.309 e. The summed E-state index contributed by atoms with van der Waals surface area (Å²) in [6.07, 6.45) is 3.58. The molecule has 21 heavy (non-hydrogen) atoms. The monoisotopic (exact) mass is 312 g/mol. The molecule has 0 radical (unpaired) electrons. The minimum absolute atomic E-state index is 0.321. The van der Waals surface area contributed by atoms with E-state index in [1.807, 2.05) is 0 Å². The van der Waals surface area contributed by atoms with Crippen molar-refractivity contribution in [1.29, 1.82) is 0 Å². The van der Waals surface area contributed by atoms with Gasteiger partial charge in [0.1, 0.15) is 5.82 Å². The molecule has 0 amide bonds. The molecule has 0 heterocycles. The molecule has 0 bridgehead atoms. The number of halogens is 2. The van der Waals surface area contributed by atoms with Crippen molar-refractivity contribution in [3.05, 3.63) is 34.6 Å². The Labute approximate surface area is 130 Å². The predicted molar refractivity (Wildman–Crippen MR) is 82.0 cm³/mol. The van der Waals surface area contributed by atoms with E-state index in [1.165, 1.54) is 12.1 Å². The number of aliphatic carboxylic acids is 1. The zero-order valence-corrected chi connectivity index (χ0v) is 13.3. The molecular weight excluding hydrogens is 291 g/mol. The molecule has 0 atom stereocenters. The molecule has 0 saturated heterocycles. The molecule has 2 rings (SSSR count). The highest BCUT2D eigenvalue weighted by Crippen LogP contribution is 2.44. The summed E-state index contributed by atoms with van der Waals surface area (Å²) in [5.41, 5.74) is -0.0317. The van der Waals surface area contributed by atoms with Gasteiger partial charge < -0.3 is 5.11 Å². The highest BCUT2D eigenvalue weighted by molar-refractivity contribution is 6.31. The first-order valence-corrected chi connectivity index (χ1v) is 7.89. The standard InChI is InChI=1S/C17H22ClFO2/c1-11(2)12-5-7-17(8-6-12,16(20)21)10-13-3-4-14(19)9-15(13)18/h3-4,9,11-12H,5-8,10H2,1-2H3,(H,20,21). The molecule has 0 spiro atoms. The van der Waals surface area contributed by atoms with E-state index in [0.717, 1.165) is 18.4 Å². The molecule has 0 aliphatic heterocycles. The normalized spacial score (nSPS) is 26.0.